The molecule has 0 saturated heterocycles. The smallest absolute Gasteiger partial charge is 0.251 e. The molecular weight excluding hydrogens is 446 g/mol. The number of rotatable bonds is 8. The lowest BCUT2D eigenvalue weighted by atomic mass is 9.97. The number of halogens is 1. The topological polar surface area (TPSA) is 78.5 Å². The number of aryl methyl sites for hydroxylation is 1. The predicted octanol–water partition coefficient (Wildman–Crippen LogP) is 4.00. The summed E-state index contributed by atoms with van der Waals surface area (Å²) < 4.78 is 0.927. The minimum absolute atomic E-state index is 0.0793. The Morgan fingerprint density at radius 3 is 2.37 bits per heavy atom. The zero-order valence-electron chi connectivity index (χ0n) is 17.7. The van der Waals surface area contributed by atoms with Crippen LogP contribution in [0.5, 0.6) is 0 Å². The summed E-state index contributed by atoms with van der Waals surface area (Å²) >= 11 is 3.39. The van der Waals surface area contributed by atoms with E-state index in [9.17, 15) is 14.4 Å². The summed E-state index contributed by atoms with van der Waals surface area (Å²) in [6, 6.07) is 13.6. The minimum atomic E-state index is -0.713. The molecule has 30 heavy (non-hydrogen) atoms. The van der Waals surface area contributed by atoms with E-state index < -0.39 is 6.04 Å². The number of anilines is 1. The van der Waals surface area contributed by atoms with Gasteiger partial charge in [0.15, 0.2) is 0 Å². The summed E-state index contributed by atoms with van der Waals surface area (Å²) in [7, 11) is 1.57. The maximum atomic E-state index is 13.0. The van der Waals surface area contributed by atoms with Gasteiger partial charge in [-0.25, -0.2) is 0 Å². The number of likely N-dealkylation sites (N-methyl/N-ethyl adjacent to an activating group) is 1. The van der Waals surface area contributed by atoms with Crippen LogP contribution < -0.4 is 10.6 Å². The normalized spacial score (nSPS) is 12.6. The first kappa shape index (κ1) is 23.6. The van der Waals surface area contributed by atoms with E-state index in [-0.39, 0.29) is 30.2 Å². The Morgan fingerprint density at radius 2 is 1.77 bits per heavy atom. The number of nitrogens with zero attached hydrogens (tertiary/aromatic N) is 1. The second kappa shape index (κ2) is 10.9. The molecule has 0 radical (unpaired) electrons. The van der Waals surface area contributed by atoms with Crippen LogP contribution in [0.15, 0.2) is 53.0 Å². The molecule has 2 N–H and O–H groups in total. The molecule has 0 spiro atoms. The van der Waals surface area contributed by atoms with Crippen LogP contribution in [0.1, 0.15) is 36.2 Å². The predicted molar refractivity (Wildman–Crippen MR) is 122 cm³/mol. The Hall–Kier alpha value is -2.67. The number of amides is 3. The number of hydrogen-bond donors (Lipinski definition) is 2. The number of carbonyl (C=O) groups excluding carboxylic acids is 3. The highest BCUT2D eigenvalue weighted by atomic mass is 79.9. The molecule has 2 atom stereocenters. The highest BCUT2D eigenvalue weighted by Gasteiger charge is 2.29. The molecule has 0 aliphatic heterocycles. The molecule has 0 aromatic heterocycles. The Kier molecular flexibility index (Phi) is 8.59. The Morgan fingerprint density at radius 1 is 1.10 bits per heavy atom. The van der Waals surface area contributed by atoms with Crippen molar-refractivity contribution in [1.29, 1.82) is 0 Å². The molecule has 0 aliphatic carbocycles. The quantitative estimate of drug-likeness (QED) is 0.607. The van der Waals surface area contributed by atoms with E-state index in [1.807, 2.05) is 39.0 Å². The Balaban J connectivity index is 2.05. The fourth-order valence-electron chi connectivity index (χ4n) is 2.99. The Bertz CT molecular complexity index is 902. The average molecular weight is 474 g/mol. The van der Waals surface area contributed by atoms with Gasteiger partial charge in [-0.1, -0.05) is 54.4 Å². The number of hydrogen-bond acceptors (Lipinski definition) is 3. The van der Waals surface area contributed by atoms with E-state index in [1.54, 1.807) is 37.4 Å². The largest absolute Gasteiger partial charge is 0.340 e. The van der Waals surface area contributed by atoms with E-state index in [0.29, 0.717) is 17.7 Å². The summed E-state index contributed by atoms with van der Waals surface area (Å²) in [6.07, 6.45) is 0.712. The van der Waals surface area contributed by atoms with Gasteiger partial charge in [-0.2, -0.15) is 0 Å². The maximum Gasteiger partial charge on any atom is 0.251 e. The third kappa shape index (κ3) is 6.42. The molecule has 0 fully saturated rings. The van der Waals surface area contributed by atoms with Crippen LogP contribution in [0.2, 0.25) is 0 Å². The van der Waals surface area contributed by atoms with Gasteiger partial charge >= 0.3 is 0 Å². The van der Waals surface area contributed by atoms with Crippen molar-refractivity contribution in [2.24, 2.45) is 5.92 Å². The molecule has 7 heteroatoms. The molecule has 6 nitrogen and oxygen atoms in total. The maximum absolute atomic E-state index is 13.0. The van der Waals surface area contributed by atoms with Crippen molar-refractivity contribution in [1.82, 2.24) is 10.2 Å². The molecule has 0 aliphatic rings. The molecular formula is C23H28BrN3O3. The van der Waals surface area contributed by atoms with Crippen LogP contribution in [0, 0.1) is 12.8 Å². The second-order valence-electron chi connectivity index (χ2n) is 7.40. The van der Waals surface area contributed by atoms with Crippen LogP contribution in [-0.4, -0.2) is 42.3 Å². The highest BCUT2D eigenvalue weighted by Crippen LogP contribution is 2.20. The minimum Gasteiger partial charge on any atom is -0.340 e. The summed E-state index contributed by atoms with van der Waals surface area (Å²) in [4.78, 5) is 39.4. The lowest BCUT2D eigenvalue weighted by molar-refractivity contribution is -0.136. The van der Waals surface area contributed by atoms with Crippen molar-refractivity contribution in [3.63, 3.8) is 0 Å². The molecule has 0 heterocycles. The van der Waals surface area contributed by atoms with Gasteiger partial charge in [0.1, 0.15) is 6.04 Å². The molecule has 160 valence electrons. The van der Waals surface area contributed by atoms with Crippen LogP contribution in [0.3, 0.4) is 0 Å². The van der Waals surface area contributed by atoms with E-state index in [1.165, 1.54) is 4.90 Å². The first-order chi connectivity index (χ1) is 14.2. The monoisotopic (exact) mass is 473 g/mol. The Labute approximate surface area is 186 Å². The van der Waals surface area contributed by atoms with E-state index in [2.05, 4.69) is 26.6 Å². The second-order valence-corrected chi connectivity index (χ2v) is 8.32. The van der Waals surface area contributed by atoms with E-state index in [0.717, 1.165) is 10.0 Å². The van der Waals surface area contributed by atoms with Gasteiger partial charge in [-0.15, -0.1) is 0 Å². The highest BCUT2D eigenvalue weighted by molar-refractivity contribution is 9.10. The lowest BCUT2D eigenvalue weighted by Gasteiger charge is -2.28. The standard InChI is InChI=1S/C23H28BrN3O3/c1-5-15(2)21(26-22(29)17-9-7-6-8-10-17)23(30)27(4)14-20(28)25-19-12-11-18(24)13-16(19)3/h6-13,15,21H,5,14H2,1-4H3,(H,25,28)(H,26,29). The van der Waals surface area contributed by atoms with Gasteiger partial charge in [0.25, 0.3) is 5.91 Å². The number of benzene rings is 2. The number of nitrogens with one attached hydrogen (secondary N) is 2. The molecule has 2 aromatic carbocycles. The first-order valence-corrected chi connectivity index (χ1v) is 10.7. The first-order valence-electron chi connectivity index (χ1n) is 9.89. The third-order valence-corrected chi connectivity index (χ3v) is 5.51. The zero-order chi connectivity index (χ0) is 22.3. The summed E-state index contributed by atoms with van der Waals surface area (Å²) in [5.41, 5.74) is 2.10. The fraction of sp³-hybridized carbons (Fsp3) is 0.348. The summed E-state index contributed by atoms with van der Waals surface area (Å²) in [6.45, 7) is 5.66. The molecule has 2 unspecified atom stereocenters. The third-order valence-electron chi connectivity index (χ3n) is 5.02. The summed E-state index contributed by atoms with van der Waals surface area (Å²) in [5.74, 6) is -0.980. The molecule has 3 amide bonds. The zero-order valence-corrected chi connectivity index (χ0v) is 19.3. The summed E-state index contributed by atoms with van der Waals surface area (Å²) in [5, 5.41) is 5.67. The van der Waals surface area contributed by atoms with Gasteiger partial charge in [0, 0.05) is 22.8 Å². The van der Waals surface area contributed by atoms with Crippen LogP contribution in [0.4, 0.5) is 5.69 Å². The average Bonchev–Trinajstić information content (AvgIpc) is 2.73. The van der Waals surface area contributed by atoms with Crippen molar-refractivity contribution in [3.05, 3.63) is 64.1 Å². The van der Waals surface area contributed by atoms with Gasteiger partial charge in [-0.05, 0) is 48.7 Å². The molecule has 2 rings (SSSR count). The molecule has 0 saturated carbocycles. The van der Waals surface area contributed by atoms with Crippen molar-refractivity contribution < 1.29 is 14.4 Å². The fourth-order valence-corrected chi connectivity index (χ4v) is 3.46. The van der Waals surface area contributed by atoms with Crippen LogP contribution in [0.25, 0.3) is 0 Å². The molecule has 0 bridgehead atoms. The van der Waals surface area contributed by atoms with Gasteiger partial charge in [0.05, 0.1) is 6.54 Å². The van der Waals surface area contributed by atoms with Gasteiger partial charge in [0.2, 0.25) is 11.8 Å². The number of carbonyl (C=O) groups is 3. The van der Waals surface area contributed by atoms with Crippen molar-refractivity contribution >= 4 is 39.3 Å². The van der Waals surface area contributed by atoms with Crippen LogP contribution >= 0.6 is 15.9 Å². The van der Waals surface area contributed by atoms with Gasteiger partial charge < -0.3 is 15.5 Å². The van der Waals surface area contributed by atoms with E-state index in [4.69, 9.17) is 0 Å². The van der Waals surface area contributed by atoms with Crippen molar-refractivity contribution in [2.45, 2.75) is 33.2 Å². The lowest BCUT2D eigenvalue weighted by Crippen LogP contribution is -2.52. The van der Waals surface area contributed by atoms with Crippen LogP contribution in [-0.2, 0) is 9.59 Å². The molecule has 2 aromatic rings. The van der Waals surface area contributed by atoms with Crippen molar-refractivity contribution in [3.8, 4) is 0 Å². The van der Waals surface area contributed by atoms with Crippen molar-refractivity contribution in [2.75, 3.05) is 18.9 Å². The SMILES string of the molecule is CCC(C)C(NC(=O)c1ccccc1)C(=O)N(C)CC(=O)Nc1ccc(Br)cc1C. The van der Waals surface area contributed by atoms with E-state index >= 15 is 0 Å². The van der Waals surface area contributed by atoms with Gasteiger partial charge in [-0.3, -0.25) is 14.4 Å².